The lowest BCUT2D eigenvalue weighted by molar-refractivity contribution is -0.192. The first-order chi connectivity index (χ1) is 25.2. The summed E-state index contributed by atoms with van der Waals surface area (Å²) in [6, 6.07) is 8.77. The molecule has 0 spiro atoms. The van der Waals surface area contributed by atoms with Gasteiger partial charge in [-0.25, -0.2) is 9.78 Å². The average molecular weight is 815 g/mol. The van der Waals surface area contributed by atoms with E-state index >= 15 is 0 Å². The van der Waals surface area contributed by atoms with Crippen LogP contribution in [0.2, 0.25) is 0 Å². The van der Waals surface area contributed by atoms with Crippen molar-refractivity contribution < 1.29 is 32.6 Å². The Balaban J connectivity index is 0.000000626. The van der Waals surface area contributed by atoms with Gasteiger partial charge in [0.2, 0.25) is 5.95 Å². The van der Waals surface area contributed by atoms with Crippen LogP contribution in [0.25, 0.3) is 22.2 Å². The van der Waals surface area contributed by atoms with Crippen molar-refractivity contribution in [3.63, 3.8) is 0 Å². The van der Waals surface area contributed by atoms with E-state index in [4.69, 9.17) is 19.6 Å². The predicted octanol–water partition coefficient (Wildman–Crippen LogP) is 6.77. The molecule has 13 nitrogen and oxygen atoms in total. The van der Waals surface area contributed by atoms with Crippen LogP contribution >= 0.6 is 23.9 Å². The predicted molar refractivity (Wildman–Crippen MR) is 200 cm³/mol. The molecular weight excluding hydrogens is 778 g/mol. The Morgan fingerprint density at radius 3 is 2.38 bits per heavy atom. The molecule has 53 heavy (non-hydrogen) atoms. The number of ketones is 1. The minimum Gasteiger partial charge on any atom is -0.495 e. The van der Waals surface area contributed by atoms with E-state index in [0.29, 0.717) is 48.2 Å². The molecule has 7 rings (SSSR count). The number of ether oxygens (including phenoxy) is 1. The summed E-state index contributed by atoms with van der Waals surface area (Å²) in [5.41, 5.74) is 6.61. The third-order valence-electron chi connectivity index (χ3n) is 9.04. The molecule has 278 valence electrons. The molecule has 0 amide bonds. The molecule has 18 heteroatoms. The van der Waals surface area contributed by atoms with Crippen molar-refractivity contribution in [3.05, 3.63) is 65.3 Å². The molecule has 5 heterocycles. The van der Waals surface area contributed by atoms with E-state index in [1.165, 1.54) is 0 Å². The van der Waals surface area contributed by atoms with Gasteiger partial charge in [-0.1, -0.05) is 7.92 Å². The fourth-order valence-electron chi connectivity index (χ4n) is 6.70. The molecule has 0 aliphatic carbocycles. The number of carboxylic acid groups (broad SMARTS) is 1. The molecule has 2 unspecified atom stereocenters. The number of carbonyl (C=O) groups excluding carboxylic acids is 1. The first-order valence-corrected chi connectivity index (χ1v) is 19.5. The zero-order chi connectivity index (χ0) is 38.0. The number of aromatic nitrogens is 6. The summed E-state index contributed by atoms with van der Waals surface area (Å²) in [4.78, 5) is 42.2. The Kier molecular flexibility index (Phi) is 11.3. The summed E-state index contributed by atoms with van der Waals surface area (Å²) >= 11 is 3.63. The molecule has 2 aliphatic heterocycles. The van der Waals surface area contributed by atoms with Gasteiger partial charge < -0.3 is 20.5 Å². The second-order valence-electron chi connectivity index (χ2n) is 12.8. The highest BCUT2D eigenvalue weighted by Crippen LogP contribution is 2.41. The number of hydrogen-bond acceptors (Lipinski definition) is 11. The number of nitrogens with one attached hydrogen (secondary N) is 2. The molecule has 3 N–H and O–H groups in total. The molecule has 3 aromatic heterocycles. The van der Waals surface area contributed by atoms with Gasteiger partial charge in [-0.3, -0.25) is 24.3 Å². The van der Waals surface area contributed by atoms with Gasteiger partial charge in [-0.15, -0.1) is 0 Å². The van der Waals surface area contributed by atoms with Crippen molar-refractivity contribution >= 4 is 75.1 Å². The maximum absolute atomic E-state index is 12.3. The molecule has 2 fully saturated rings. The number of piperidine rings is 1. The number of carboxylic acids is 1. The fourth-order valence-corrected chi connectivity index (χ4v) is 8.20. The number of anilines is 4. The molecule has 5 aromatic rings. The number of alkyl halides is 3. The summed E-state index contributed by atoms with van der Waals surface area (Å²) in [5.74, 6) is -0.655. The Morgan fingerprint density at radius 2 is 1.75 bits per heavy atom. The number of carbonyl (C=O) groups is 2. The monoisotopic (exact) mass is 813 g/mol. The Labute approximate surface area is 312 Å². The summed E-state index contributed by atoms with van der Waals surface area (Å²) < 4.78 is 40.2. The van der Waals surface area contributed by atoms with Gasteiger partial charge in [0.25, 0.3) is 0 Å². The zero-order valence-electron chi connectivity index (χ0n) is 29.1. The number of hydrogen-bond donors (Lipinski definition) is 3. The van der Waals surface area contributed by atoms with E-state index in [9.17, 15) is 18.0 Å². The van der Waals surface area contributed by atoms with Gasteiger partial charge >= 0.3 is 12.1 Å². The largest absolute Gasteiger partial charge is 0.495 e. The number of methoxy groups -OCH3 is 1. The molecule has 2 bridgehead atoms. The van der Waals surface area contributed by atoms with Crippen LogP contribution in [-0.2, 0) is 23.2 Å². The normalized spacial score (nSPS) is 17.1. The maximum atomic E-state index is 12.3. The van der Waals surface area contributed by atoms with Crippen molar-refractivity contribution in [3.8, 4) is 16.9 Å². The van der Waals surface area contributed by atoms with Crippen LogP contribution < -0.4 is 20.7 Å². The van der Waals surface area contributed by atoms with Crippen molar-refractivity contribution in [2.24, 2.45) is 7.05 Å². The van der Waals surface area contributed by atoms with Crippen LogP contribution in [0.1, 0.15) is 31.2 Å². The van der Waals surface area contributed by atoms with E-state index in [1.54, 1.807) is 30.4 Å². The zero-order valence-corrected chi connectivity index (χ0v) is 31.6. The molecule has 2 aliphatic rings. The number of fused-ring (bicyclic) bond motifs is 3. The SMILES string of the molecule is COc1cc(CN2C3CCC2CC(=O)C3)c(-c2cnn(C)c2)cc1Nc1ncc(Br)c(Nc2ccc3nccnc3c2P(C)C)n1.O=C(O)C(F)(F)F. The average Bonchev–Trinajstić information content (AvgIpc) is 3.64. The number of benzene rings is 2. The minimum atomic E-state index is -5.08. The molecule has 2 aromatic carbocycles. The van der Waals surface area contributed by atoms with Gasteiger partial charge in [0.15, 0.2) is 0 Å². The smallest absolute Gasteiger partial charge is 0.490 e. The van der Waals surface area contributed by atoms with E-state index < -0.39 is 20.1 Å². The third-order valence-corrected chi connectivity index (χ3v) is 11.0. The number of Topliss-reactive ketones (excluding diaryl/α,β-unsaturated/α-hetero) is 1. The van der Waals surface area contributed by atoms with Gasteiger partial charge in [0.1, 0.15) is 17.4 Å². The van der Waals surface area contributed by atoms with Gasteiger partial charge in [-0.05, 0) is 77.5 Å². The van der Waals surface area contributed by atoms with Gasteiger partial charge in [0.05, 0.1) is 34.5 Å². The minimum absolute atomic E-state index is 0.297. The van der Waals surface area contributed by atoms with Crippen LogP contribution in [0.4, 0.5) is 36.3 Å². The summed E-state index contributed by atoms with van der Waals surface area (Å²) in [6.07, 6.45) is 7.40. The highest BCUT2D eigenvalue weighted by Gasteiger charge is 2.40. The van der Waals surface area contributed by atoms with E-state index in [0.717, 1.165) is 68.3 Å². The van der Waals surface area contributed by atoms with E-state index in [-0.39, 0.29) is 0 Å². The highest BCUT2D eigenvalue weighted by atomic mass is 79.9. The van der Waals surface area contributed by atoms with Crippen LogP contribution in [-0.4, -0.2) is 90.2 Å². The van der Waals surface area contributed by atoms with Crippen LogP contribution in [0.15, 0.2) is 59.7 Å². The van der Waals surface area contributed by atoms with E-state index in [1.807, 2.05) is 31.6 Å². The summed E-state index contributed by atoms with van der Waals surface area (Å²) in [7, 11) is 3.09. The lowest BCUT2D eigenvalue weighted by Gasteiger charge is -2.34. The number of nitrogens with zero attached hydrogens (tertiary/aromatic N) is 7. The van der Waals surface area contributed by atoms with Crippen LogP contribution in [0.3, 0.4) is 0 Å². The van der Waals surface area contributed by atoms with Gasteiger partial charge in [-0.2, -0.15) is 23.3 Å². The van der Waals surface area contributed by atoms with Crippen LogP contribution in [0.5, 0.6) is 5.75 Å². The quantitative estimate of drug-likeness (QED) is 0.134. The van der Waals surface area contributed by atoms with Crippen molar-refractivity contribution in [1.29, 1.82) is 0 Å². The lowest BCUT2D eigenvalue weighted by atomic mass is 9.96. The molecule has 0 radical (unpaired) electrons. The topological polar surface area (TPSA) is 160 Å². The van der Waals surface area contributed by atoms with Gasteiger partial charge in [0, 0.05) is 79.9 Å². The fraction of sp³-hybridized carbons (Fsp3) is 0.343. The van der Waals surface area contributed by atoms with Crippen LogP contribution in [0, 0.1) is 0 Å². The standard InChI is InChI=1S/C33H35BrN9O2P.C2HF3O2/c1-42-17-20(15-38-42)24-14-28(29(45-2)11-19(24)18-43-21-5-6-22(43)13-23(44)12-21)40-33-37-16-25(34)32(41-33)39-27-8-7-26-30(31(27)46(3)4)36-10-9-35-26;3-2(4,5)1(6)7/h7-11,14-17,21-22H,5-6,12-13,18H2,1-4H3,(H2,37,39,40,41);(H,6,7). The molecular formula is C35H36BrF3N9O4P. The lowest BCUT2D eigenvalue weighted by Crippen LogP contribution is -2.42. The second-order valence-corrected chi connectivity index (χ2v) is 15.9. The number of aliphatic carboxylic acids is 1. The number of aryl methyl sites for hydroxylation is 1. The van der Waals surface area contributed by atoms with Crippen molar-refractivity contribution in [2.75, 3.05) is 31.1 Å². The first-order valence-electron chi connectivity index (χ1n) is 16.5. The number of halogens is 4. The second kappa shape index (κ2) is 15.7. The summed E-state index contributed by atoms with van der Waals surface area (Å²) in [5, 5.41) is 19.6. The number of rotatable bonds is 9. The van der Waals surface area contributed by atoms with Crippen molar-refractivity contribution in [1.82, 2.24) is 34.6 Å². The highest BCUT2D eigenvalue weighted by molar-refractivity contribution is 9.10. The van der Waals surface area contributed by atoms with E-state index in [2.05, 4.69) is 77.0 Å². The Morgan fingerprint density at radius 1 is 1.06 bits per heavy atom. The molecule has 2 saturated heterocycles. The molecule has 2 atom stereocenters. The molecule has 0 saturated carbocycles. The third kappa shape index (κ3) is 8.58. The van der Waals surface area contributed by atoms with Crippen molar-refractivity contribution in [2.45, 2.75) is 50.5 Å². The Bertz CT molecular complexity index is 2150. The first kappa shape index (κ1) is 38.0. The Hall–Kier alpha value is -4.73. The maximum Gasteiger partial charge on any atom is 0.490 e. The summed E-state index contributed by atoms with van der Waals surface area (Å²) in [6.45, 7) is 5.15.